The van der Waals surface area contributed by atoms with E-state index in [2.05, 4.69) is 10.5 Å². The lowest BCUT2D eigenvalue weighted by Crippen LogP contribution is -2.40. The molecule has 1 fully saturated rings. The number of amides is 2. The monoisotopic (exact) mass is 562 g/mol. The minimum atomic E-state index is -4.01. The standard InChI is InChI=1S/C30H34N4O5S/c1-23-10-9-13-28(24(23)2)34(40(37,38)27-11-5-3-6-12-27)21-29(35)32-31-20-25-14-16-26(17-15-25)39-22-30(36)33-18-7-4-8-19-33/h3,5-6,9-17,20H,4,7-8,18-19,21-22H2,1-2H3,(H,32,35)/b31-20+. The van der Waals surface area contributed by atoms with Crippen LogP contribution in [-0.4, -0.2) is 57.6 Å². The topological polar surface area (TPSA) is 108 Å². The number of anilines is 1. The first-order chi connectivity index (χ1) is 19.3. The van der Waals surface area contributed by atoms with Crippen molar-refractivity contribution < 1.29 is 22.7 Å². The van der Waals surface area contributed by atoms with E-state index >= 15 is 0 Å². The number of benzene rings is 3. The van der Waals surface area contributed by atoms with Crippen molar-refractivity contribution in [1.29, 1.82) is 0 Å². The zero-order chi connectivity index (χ0) is 28.5. The molecular weight excluding hydrogens is 528 g/mol. The summed E-state index contributed by atoms with van der Waals surface area (Å²) in [6.45, 7) is 4.82. The summed E-state index contributed by atoms with van der Waals surface area (Å²) in [5.74, 6) is -0.0492. The van der Waals surface area contributed by atoms with Gasteiger partial charge in [-0.3, -0.25) is 13.9 Å². The van der Waals surface area contributed by atoms with Crippen molar-refractivity contribution in [2.45, 2.75) is 38.0 Å². The maximum atomic E-state index is 13.5. The van der Waals surface area contributed by atoms with Gasteiger partial charge in [0, 0.05) is 13.1 Å². The van der Waals surface area contributed by atoms with Gasteiger partial charge in [0.05, 0.1) is 16.8 Å². The third-order valence-corrected chi connectivity index (χ3v) is 8.59. The molecule has 0 saturated carbocycles. The van der Waals surface area contributed by atoms with E-state index in [0.717, 1.165) is 47.8 Å². The molecule has 3 aromatic rings. The number of sulfonamides is 1. The lowest BCUT2D eigenvalue weighted by Gasteiger charge is -2.26. The van der Waals surface area contributed by atoms with Gasteiger partial charge >= 0.3 is 0 Å². The van der Waals surface area contributed by atoms with Crippen LogP contribution in [0.1, 0.15) is 36.0 Å². The molecule has 0 spiro atoms. The molecule has 0 radical (unpaired) electrons. The van der Waals surface area contributed by atoms with Crippen LogP contribution >= 0.6 is 0 Å². The fraction of sp³-hybridized carbons (Fsp3) is 0.300. The van der Waals surface area contributed by atoms with Crippen molar-refractivity contribution >= 4 is 33.7 Å². The molecule has 0 bridgehead atoms. The van der Waals surface area contributed by atoms with Gasteiger partial charge in [0.2, 0.25) is 0 Å². The van der Waals surface area contributed by atoms with Gasteiger partial charge < -0.3 is 9.64 Å². The third-order valence-electron chi connectivity index (χ3n) is 6.82. The predicted molar refractivity (Wildman–Crippen MR) is 155 cm³/mol. The second kappa shape index (κ2) is 13.3. The maximum absolute atomic E-state index is 13.5. The Morgan fingerprint density at radius 2 is 1.65 bits per heavy atom. The fourth-order valence-corrected chi connectivity index (χ4v) is 5.90. The third kappa shape index (κ3) is 7.26. The van der Waals surface area contributed by atoms with E-state index in [-0.39, 0.29) is 17.4 Å². The van der Waals surface area contributed by atoms with E-state index in [1.807, 2.05) is 24.8 Å². The molecule has 1 aliphatic rings. The Bertz CT molecular complexity index is 1450. The molecule has 40 heavy (non-hydrogen) atoms. The first kappa shape index (κ1) is 28.8. The molecule has 0 atom stereocenters. The summed E-state index contributed by atoms with van der Waals surface area (Å²) in [7, 11) is -4.01. The van der Waals surface area contributed by atoms with Crippen molar-refractivity contribution in [1.82, 2.24) is 10.3 Å². The van der Waals surface area contributed by atoms with Crippen LogP contribution in [0.2, 0.25) is 0 Å². The highest BCUT2D eigenvalue weighted by Gasteiger charge is 2.28. The molecule has 0 aliphatic carbocycles. The number of aryl methyl sites for hydroxylation is 1. The van der Waals surface area contributed by atoms with Gasteiger partial charge in [0.25, 0.3) is 21.8 Å². The highest BCUT2D eigenvalue weighted by molar-refractivity contribution is 7.92. The first-order valence-electron chi connectivity index (χ1n) is 13.2. The van der Waals surface area contributed by atoms with Crippen LogP contribution in [0.15, 0.2) is 82.8 Å². The number of nitrogens with zero attached hydrogens (tertiary/aromatic N) is 3. The summed E-state index contributed by atoms with van der Waals surface area (Å²) in [5.41, 5.74) is 5.22. The van der Waals surface area contributed by atoms with Crippen LogP contribution in [0, 0.1) is 13.8 Å². The summed E-state index contributed by atoms with van der Waals surface area (Å²) in [4.78, 5) is 27.0. The van der Waals surface area contributed by atoms with Crippen LogP contribution in [0.25, 0.3) is 0 Å². The SMILES string of the molecule is Cc1cccc(N(CC(=O)N/N=C/c2ccc(OCC(=O)N3CCCCC3)cc2)S(=O)(=O)c2ccccc2)c1C. The number of hydrazone groups is 1. The largest absolute Gasteiger partial charge is 0.484 e. The highest BCUT2D eigenvalue weighted by Crippen LogP contribution is 2.28. The van der Waals surface area contributed by atoms with Crippen molar-refractivity contribution in [3.05, 3.63) is 89.5 Å². The number of likely N-dealkylation sites (tertiary alicyclic amines) is 1. The lowest BCUT2D eigenvalue weighted by atomic mass is 10.1. The Labute approximate surface area is 235 Å². The van der Waals surface area contributed by atoms with E-state index in [4.69, 9.17) is 4.74 Å². The van der Waals surface area contributed by atoms with Crippen LogP contribution in [-0.2, 0) is 19.6 Å². The fourth-order valence-electron chi connectivity index (χ4n) is 4.40. The second-order valence-corrected chi connectivity index (χ2v) is 11.5. The molecule has 10 heteroatoms. The number of nitrogens with one attached hydrogen (secondary N) is 1. The Morgan fingerprint density at radius 1 is 0.950 bits per heavy atom. The Hall–Kier alpha value is -4.18. The summed E-state index contributed by atoms with van der Waals surface area (Å²) in [5, 5.41) is 4.00. The van der Waals surface area contributed by atoms with Crippen molar-refractivity contribution in [2.75, 3.05) is 30.5 Å². The van der Waals surface area contributed by atoms with Gasteiger partial charge in [0.1, 0.15) is 12.3 Å². The quantitative estimate of drug-likeness (QED) is 0.296. The van der Waals surface area contributed by atoms with Crippen LogP contribution < -0.4 is 14.5 Å². The molecule has 2 amide bonds. The molecule has 9 nitrogen and oxygen atoms in total. The number of rotatable bonds is 10. The normalized spacial score (nSPS) is 13.7. The number of hydrogen-bond donors (Lipinski definition) is 1. The predicted octanol–water partition coefficient (Wildman–Crippen LogP) is 4.04. The van der Waals surface area contributed by atoms with E-state index in [0.29, 0.717) is 17.0 Å². The minimum Gasteiger partial charge on any atom is -0.484 e. The molecule has 0 unspecified atom stereocenters. The highest BCUT2D eigenvalue weighted by atomic mass is 32.2. The number of ether oxygens (including phenoxy) is 1. The zero-order valence-electron chi connectivity index (χ0n) is 22.7. The molecule has 3 aromatic carbocycles. The summed E-state index contributed by atoms with van der Waals surface area (Å²) >= 11 is 0. The molecule has 0 aromatic heterocycles. The van der Waals surface area contributed by atoms with Crippen molar-refractivity contribution in [2.24, 2.45) is 5.10 Å². The van der Waals surface area contributed by atoms with Gasteiger partial charge in [0.15, 0.2) is 6.61 Å². The first-order valence-corrected chi connectivity index (χ1v) is 14.7. The molecule has 210 valence electrons. The van der Waals surface area contributed by atoms with Gasteiger partial charge in [-0.1, -0.05) is 30.3 Å². The van der Waals surface area contributed by atoms with Crippen LogP contribution in [0.3, 0.4) is 0 Å². The molecule has 1 heterocycles. The summed E-state index contributed by atoms with van der Waals surface area (Å²) in [6, 6.07) is 20.3. The van der Waals surface area contributed by atoms with Crippen LogP contribution in [0.5, 0.6) is 5.75 Å². The van der Waals surface area contributed by atoms with E-state index in [1.165, 1.54) is 18.3 Å². The van der Waals surface area contributed by atoms with Gasteiger partial charge in [-0.2, -0.15) is 5.10 Å². The van der Waals surface area contributed by atoms with Crippen molar-refractivity contribution in [3.8, 4) is 5.75 Å². The number of piperidine rings is 1. The summed E-state index contributed by atoms with van der Waals surface area (Å²) < 4.78 is 33.8. The van der Waals surface area contributed by atoms with Gasteiger partial charge in [-0.25, -0.2) is 13.8 Å². The zero-order valence-corrected chi connectivity index (χ0v) is 23.6. The lowest BCUT2D eigenvalue weighted by molar-refractivity contribution is -0.134. The van der Waals surface area contributed by atoms with Gasteiger partial charge in [-0.15, -0.1) is 0 Å². The number of carbonyl (C=O) groups is 2. The van der Waals surface area contributed by atoms with E-state index < -0.39 is 22.5 Å². The molecule has 1 saturated heterocycles. The Morgan fingerprint density at radius 3 is 2.35 bits per heavy atom. The average Bonchev–Trinajstić information content (AvgIpc) is 2.98. The second-order valence-electron chi connectivity index (χ2n) is 9.64. The van der Waals surface area contributed by atoms with Crippen molar-refractivity contribution in [3.63, 3.8) is 0 Å². The molecular formula is C30H34N4O5S. The minimum absolute atomic E-state index is 0.00764. The molecule has 1 aliphatic heterocycles. The number of hydrogen-bond acceptors (Lipinski definition) is 6. The smallest absolute Gasteiger partial charge is 0.264 e. The van der Waals surface area contributed by atoms with E-state index in [9.17, 15) is 18.0 Å². The average molecular weight is 563 g/mol. The van der Waals surface area contributed by atoms with Gasteiger partial charge in [-0.05, 0) is 92.3 Å². The maximum Gasteiger partial charge on any atom is 0.264 e. The molecule has 4 rings (SSSR count). The Kier molecular flexibility index (Phi) is 9.55. The van der Waals surface area contributed by atoms with Crippen LogP contribution in [0.4, 0.5) is 5.69 Å². The summed E-state index contributed by atoms with van der Waals surface area (Å²) in [6.07, 6.45) is 4.67. The molecule has 1 N–H and O–H groups in total. The number of carbonyl (C=O) groups excluding carboxylic acids is 2. The Balaban J connectivity index is 1.38. The van der Waals surface area contributed by atoms with E-state index in [1.54, 1.807) is 54.6 Å².